The normalized spacial score (nSPS) is 10.3. The molecule has 0 amide bonds. The highest BCUT2D eigenvalue weighted by Gasteiger charge is 2.13. The van der Waals surface area contributed by atoms with Crippen LogP contribution in [0.25, 0.3) is 0 Å². The Morgan fingerprint density at radius 1 is 1.45 bits per heavy atom. The summed E-state index contributed by atoms with van der Waals surface area (Å²) < 4.78 is 4.66. The highest BCUT2D eigenvalue weighted by Crippen LogP contribution is 2.28. The summed E-state index contributed by atoms with van der Waals surface area (Å²) in [6.45, 7) is 4.99. The van der Waals surface area contributed by atoms with Crippen LogP contribution in [0.2, 0.25) is 0 Å². The molecule has 0 fully saturated rings. The molecule has 4 nitrogen and oxygen atoms in total. The summed E-state index contributed by atoms with van der Waals surface area (Å²) in [4.78, 5) is 17.9. The standard InChI is InChI=1S/C15H18N2O2S/c1-4-17(13-7-5-6-11(2)8-13)15-16-12(10-20-15)9-14(18)19-3/h5-8,10H,4,9H2,1-3H3. The molecule has 0 saturated carbocycles. The number of ether oxygens (including phenoxy) is 1. The van der Waals surface area contributed by atoms with E-state index in [1.54, 1.807) is 11.3 Å². The van der Waals surface area contributed by atoms with Gasteiger partial charge in [-0.1, -0.05) is 12.1 Å². The van der Waals surface area contributed by atoms with Gasteiger partial charge in [0.05, 0.1) is 19.2 Å². The molecule has 0 atom stereocenters. The second-order valence-corrected chi connectivity index (χ2v) is 5.29. The first-order valence-electron chi connectivity index (χ1n) is 6.49. The molecule has 0 bridgehead atoms. The molecule has 0 aliphatic heterocycles. The fraction of sp³-hybridized carbons (Fsp3) is 0.333. The number of esters is 1. The molecule has 2 rings (SSSR count). The summed E-state index contributed by atoms with van der Waals surface area (Å²) in [6.07, 6.45) is 0.221. The maximum atomic E-state index is 11.3. The number of carbonyl (C=O) groups excluding carboxylic acids is 1. The number of thiazole rings is 1. The van der Waals surface area contributed by atoms with Crippen LogP contribution in [0.4, 0.5) is 10.8 Å². The van der Waals surface area contributed by atoms with Crippen LogP contribution in [-0.4, -0.2) is 24.6 Å². The van der Waals surface area contributed by atoms with Crippen LogP contribution in [0.1, 0.15) is 18.2 Å². The SMILES string of the molecule is CCN(c1cccc(C)c1)c1nc(CC(=O)OC)cs1. The Bertz CT molecular complexity index is 595. The van der Waals surface area contributed by atoms with Crippen LogP contribution in [-0.2, 0) is 16.0 Å². The van der Waals surface area contributed by atoms with Crippen LogP contribution in [0, 0.1) is 6.92 Å². The third-order valence-corrected chi connectivity index (χ3v) is 3.87. The zero-order chi connectivity index (χ0) is 14.5. The lowest BCUT2D eigenvalue weighted by Crippen LogP contribution is -2.16. The van der Waals surface area contributed by atoms with Gasteiger partial charge in [-0.05, 0) is 31.5 Å². The van der Waals surface area contributed by atoms with E-state index in [1.165, 1.54) is 12.7 Å². The van der Waals surface area contributed by atoms with Crippen molar-refractivity contribution in [1.82, 2.24) is 4.98 Å². The number of rotatable bonds is 5. The van der Waals surface area contributed by atoms with Crippen molar-refractivity contribution in [2.75, 3.05) is 18.6 Å². The molecule has 0 radical (unpaired) electrons. The minimum absolute atomic E-state index is 0.221. The van der Waals surface area contributed by atoms with Crippen molar-refractivity contribution in [2.45, 2.75) is 20.3 Å². The Hall–Kier alpha value is -1.88. The second-order valence-electron chi connectivity index (χ2n) is 4.46. The predicted octanol–water partition coefficient (Wildman–Crippen LogP) is 3.33. The van der Waals surface area contributed by atoms with Crippen LogP contribution < -0.4 is 4.90 Å². The first kappa shape index (κ1) is 14.5. The van der Waals surface area contributed by atoms with E-state index >= 15 is 0 Å². The van der Waals surface area contributed by atoms with Crippen molar-refractivity contribution in [3.05, 3.63) is 40.9 Å². The quantitative estimate of drug-likeness (QED) is 0.792. The van der Waals surface area contributed by atoms with Gasteiger partial charge in [0.1, 0.15) is 0 Å². The number of anilines is 2. The van der Waals surface area contributed by atoms with Gasteiger partial charge in [0.2, 0.25) is 0 Å². The monoisotopic (exact) mass is 290 g/mol. The van der Waals surface area contributed by atoms with E-state index in [0.29, 0.717) is 0 Å². The van der Waals surface area contributed by atoms with E-state index < -0.39 is 0 Å². The van der Waals surface area contributed by atoms with Crippen molar-refractivity contribution in [1.29, 1.82) is 0 Å². The summed E-state index contributed by atoms with van der Waals surface area (Å²) in [5.41, 5.74) is 3.08. The number of hydrogen-bond acceptors (Lipinski definition) is 5. The van der Waals surface area contributed by atoms with Crippen LogP contribution in [0.3, 0.4) is 0 Å². The molecule has 0 unspecified atom stereocenters. The summed E-state index contributed by atoms with van der Waals surface area (Å²) in [7, 11) is 1.39. The molecule has 0 saturated heterocycles. The van der Waals surface area contributed by atoms with Gasteiger partial charge >= 0.3 is 5.97 Å². The third kappa shape index (κ3) is 3.36. The largest absolute Gasteiger partial charge is 0.469 e. The molecule has 20 heavy (non-hydrogen) atoms. The smallest absolute Gasteiger partial charge is 0.311 e. The molecule has 1 aromatic heterocycles. The number of aryl methyl sites for hydroxylation is 1. The summed E-state index contributed by atoms with van der Waals surface area (Å²) in [6, 6.07) is 8.31. The Labute approximate surface area is 123 Å². The van der Waals surface area contributed by atoms with Crippen molar-refractivity contribution in [3.63, 3.8) is 0 Å². The fourth-order valence-corrected chi connectivity index (χ4v) is 2.85. The zero-order valence-electron chi connectivity index (χ0n) is 11.9. The van der Waals surface area contributed by atoms with Crippen molar-refractivity contribution in [3.8, 4) is 0 Å². The van der Waals surface area contributed by atoms with Crippen LogP contribution in [0.5, 0.6) is 0 Å². The van der Waals surface area contributed by atoms with E-state index in [-0.39, 0.29) is 12.4 Å². The number of nitrogens with zero attached hydrogens (tertiary/aromatic N) is 2. The van der Waals surface area contributed by atoms with Gasteiger partial charge < -0.3 is 9.64 Å². The highest BCUT2D eigenvalue weighted by molar-refractivity contribution is 7.13. The molecular weight excluding hydrogens is 272 g/mol. The summed E-state index contributed by atoms with van der Waals surface area (Å²) in [5.74, 6) is -0.263. The zero-order valence-corrected chi connectivity index (χ0v) is 12.7. The van der Waals surface area contributed by atoms with E-state index in [2.05, 4.69) is 46.7 Å². The second kappa shape index (κ2) is 6.52. The minimum atomic E-state index is -0.263. The molecule has 0 N–H and O–H groups in total. The van der Waals surface area contributed by atoms with Gasteiger partial charge in [-0.3, -0.25) is 4.79 Å². The van der Waals surface area contributed by atoms with Gasteiger partial charge in [0.25, 0.3) is 0 Å². The molecule has 0 aliphatic rings. The van der Waals surface area contributed by atoms with Gasteiger partial charge in [-0.15, -0.1) is 11.3 Å². The lowest BCUT2D eigenvalue weighted by atomic mass is 10.2. The molecule has 5 heteroatoms. The Balaban J connectivity index is 2.22. The Morgan fingerprint density at radius 3 is 2.90 bits per heavy atom. The Kier molecular flexibility index (Phi) is 4.74. The number of carbonyl (C=O) groups is 1. The van der Waals surface area contributed by atoms with Crippen molar-refractivity contribution in [2.24, 2.45) is 0 Å². The average molecular weight is 290 g/mol. The van der Waals surface area contributed by atoms with Crippen molar-refractivity contribution < 1.29 is 9.53 Å². The van der Waals surface area contributed by atoms with Gasteiger partial charge in [-0.2, -0.15) is 0 Å². The maximum Gasteiger partial charge on any atom is 0.311 e. The van der Waals surface area contributed by atoms with E-state index in [4.69, 9.17) is 0 Å². The lowest BCUT2D eigenvalue weighted by molar-refractivity contribution is -0.139. The molecule has 1 heterocycles. The summed E-state index contributed by atoms with van der Waals surface area (Å²) >= 11 is 1.54. The molecule has 0 aliphatic carbocycles. The Morgan fingerprint density at radius 2 is 2.25 bits per heavy atom. The first-order valence-corrected chi connectivity index (χ1v) is 7.37. The van der Waals surface area contributed by atoms with E-state index in [9.17, 15) is 4.79 Å². The summed E-state index contributed by atoms with van der Waals surface area (Å²) in [5, 5.41) is 2.81. The molecular formula is C15H18N2O2S. The molecule has 2 aromatic rings. The topological polar surface area (TPSA) is 42.4 Å². The first-order chi connectivity index (χ1) is 9.63. The van der Waals surface area contributed by atoms with Crippen molar-refractivity contribution >= 4 is 28.1 Å². The van der Waals surface area contributed by atoms with E-state index in [0.717, 1.165) is 23.1 Å². The minimum Gasteiger partial charge on any atom is -0.469 e. The molecule has 1 aromatic carbocycles. The number of methoxy groups -OCH3 is 1. The van der Waals surface area contributed by atoms with Gasteiger partial charge in [0.15, 0.2) is 5.13 Å². The van der Waals surface area contributed by atoms with Crippen LogP contribution in [0.15, 0.2) is 29.6 Å². The van der Waals surface area contributed by atoms with E-state index in [1.807, 2.05) is 11.4 Å². The molecule has 106 valence electrons. The van der Waals surface area contributed by atoms with Gasteiger partial charge in [-0.25, -0.2) is 4.98 Å². The molecule has 0 spiro atoms. The average Bonchev–Trinajstić information content (AvgIpc) is 2.88. The predicted molar refractivity (Wildman–Crippen MR) is 81.7 cm³/mol. The highest BCUT2D eigenvalue weighted by atomic mass is 32.1. The third-order valence-electron chi connectivity index (χ3n) is 2.95. The maximum absolute atomic E-state index is 11.3. The lowest BCUT2D eigenvalue weighted by Gasteiger charge is -2.20. The number of hydrogen-bond donors (Lipinski definition) is 0. The number of aromatic nitrogens is 1. The van der Waals surface area contributed by atoms with Crippen LogP contribution >= 0.6 is 11.3 Å². The fourth-order valence-electron chi connectivity index (χ4n) is 1.95. The number of benzene rings is 1. The van der Waals surface area contributed by atoms with Gasteiger partial charge in [0, 0.05) is 17.6 Å².